The van der Waals surface area contributed by atoms with Gasteiger partial charge in [-0.05, 0) is 27.2 Å². The smallest absolute Gasteiger partial charge is 0.221 e. The minimum Gasteiger partial charge on any atom is -0.391 e. The first-order valence-corrected chi connectivity index (χ1v) is 6.05. The summed E-state index contributed by atoms with van der Waals surface area (Å²) in [6, 6.07) is 0. The first-order chi connectivity index (χ1) is 7.35. The lowest BCUT2D eigenvalue weighted by Crippen LogP contribution is -2.39. The lowest BCUT2D eigenvalue weighted by molar-refractivity contribution is -0.121. The maximum atomic E-state index is 11.4. The van der Waals surface area contributed by atoms with E-state index >= 15 is 0 Å². The average molecular weight is 230 g/mol. The van der Waals surface area contributed by atoms with Crippen molar-refractivity contribution < 1.29 is 9.90 Å². The third kappa shape index (κ3) is 9.93. The Kier molecular flexibility index (Phi) is 7.34. The molecule has 0 fully saturated rings. The van der Waals surface area contributed by atoms with Crippen LogP contribution in [0.25, 0.3) is 0 Å². The highest BCUT2D eigenvalue weighted by molar-refractivity contribution is 5.76. The van der Waals surface area contributed by atoms with Gasteiger partial charge in [0, 0.05) is 25.0 Å². The number of rotatable bonds is 7. The second kappa shape index (κ2) is 7.63. The molecule has 16 heavy (non-hydrogen) atoms. The molecule has 0 aromatic heterocycles. The van der Waals surface area contributed by atoms with Crippen molar-refractivity contribution in [3.8, 4) is 0 Å². The number of hydrogen-bond acceptors (Lipinski definition) is 3. The van der Waals surface area contributed by atoms with Gasteiger partial charge in [-0.1, -0.05) is 13.3 Å². The van der Waals surface area contributed by atoms with Crippen LogP contribution in [-0.4, -0.2) is 35.7 Å². The molecule has 1 atom stereocenters. The maximum absolute atomic E-state index is 11.4. The van der Waals surface area contributed by atoms with Gasteiger partial charge in [0.1, 0.15) is 0 Å². The van der Waals surface area contributed by atoms with Crippen LogP contribution in [0.15, 0.2) is 0 Å². The molecule has 0 saturated heterocycles. The molecule has 0 rings (SSSR count). The summed E-state index contributed by atoms with van der Waals surface area (Å²) >= 11 is 0. The first-order valence-electron chi connectivity index (χ1n) is 6.05. The standard InChI is InChI=1S/C12H26N2O2/c1-5-6-10(15)9-13-11(16)7-8-14-12(2,3)4/h10,14-15H,5-9H2,1-4H3,(H,13,16). The molecule has 0 heterocycles. The first kappa shape index (κ1) is 15.4. The molecular weight excluding hydrogens is 204 g/mol. The van der Waals surface area contributed by atoms with Crippen LogP contribution in [0.4, 0.5) is 0 Å². The van der Waals surface area contributed by atoms with E-state index in [-0.39, 0.29) is 11.4 Å². The van der Waals surface area contributed by atoms with Crippen LogP contribution in [0.3, 0.4) is 0 Å². The van der Waals surface area contributed by atoms with Crippen molar-refractivity contribution in [2.45, 2.75) is 58.6 Å². The van der Waals surface area contributed by atoms with E-state index in [9.17, 15) is 9.90 Å². The quantitative estimate of drug-likeness (QED) is 0.612. The van der Waals surface area contributed by atoms with Crippen molar-refractivity contribution in [2.75, 3.05) is 13.1 Å². The third-order valence-electron chi connectivity index (χ3n) is 2.16. The van der Waals surface area contributed by atoms with E-state index in [2.05, 4.69) is 31.4 Å². The SMILES string of the molecule is CCCC(O)CNC(=O)CCNC(C)(C)C. The highest BCUT2D eigenvalue weighted by atomic mass is 16.3. The molecule has 1 amide bonds. The normalized spacial score (nSPS) is 13.6. The van der Waals surface area contributed by atoms with Crippen LogP contribution in [0.2, 0.25) is 0 Å². The zero-order valence-electron chi connectivity index (χ0n) is 11.0. The van der Waals surface area contributed by atoms with Gasteiger partial charge < -0.3 is 15.7 Å². The number of aliphatic hydroxyl groups is 1. The van der Waals surface area contributed by atoms with Gasteiger partial charge in [0.2, 0.25) is 5.91 Å². The van der Waals surface area contributed by atoms with Crippen molar-refractivity contribution in [3.05, 3.63) is 0 Å². The molecule has 4 nitrogen and oxygen atoms in total. The second-order valence-electron chi connectivity index (χ2n) is 5.17. The van der Waals surface area contributed by atoms with Gasteiger partial charge in [-0.3, -0.25) is 4.79 Å². The van der Waals surface area contributed by atoms with Crippen LogP contribution >= 0.6 is 0 Å². The Balaban J connectivity index is 3.52. The number of hydrogen-bond donors (Lipinski definition) is 3. The van der Waals surface area contributed by atoms with E-state index in [1.807, 2.05) is 6.92 Å². The average Bonchev–Trinajstić information content (AvgIpc) is 2.13. The lowest BCUT2D eigenvalue weighted by atomic mass is 10.1. The van der Waals surface area contributed by atoms with Gasteiger partial charge >= 0.3 is 0 Å². The van der Waals surface area contributed by atoms with Crippen molar-refractivity contribution in [2.24, 2.45) is 0 Å². The number of nitrogens with one attached hydrogen (secondary N) is 2. The summed E-state index contributed by atoms with van der Waals surface area (Å²) in [6.45, 7) is 9.24. The Morgan fingerprint density at radius 3 is 2.50 bits per heavy atom. The van der Waals surface area contributed by atoms with Crippen molar-refractivity contribution in [3.63, 3.8) is 0 Å². The van der Waals surface area contributed by atoms with E-state index in [1.54, 1.807) is 0 Å². The monoisotopic (exact) mass is 230 g/mol. The predicted molar refractivity (Wildman–Crippen MR) is 66.3 cm³/mol. The van der Waals surface area contributed by atoms with Crippen LogP contribution in [0.5, 0.6) is 0 Å². The molecule has 0 saturated carbocycles. The van der Waals surface area contributed by atoms with Crippen LogP contribution in [0, 0.1) is 0 Å². The number of carbonyl (C=O) groups is 1. The van der Waals surface area contributed by atoms with Gasteiger partial charge in [0.05, 0.1) is 6.10 Å². The summed E-state index contributed by atoms with van der Waals surface area (Å²) in [4.78, 5) is 11.4. The molecule has 0 aromatic rings. The molecule has 0 aliphatic carbocycles. The number of carbonyl (C=O) groups excluding carboxylic acids is 1. The molecule has 0 aliphatic heterocycles. The molecule has 0 aromatic carbocycles. The van der Waals surface area contributed by atoms with E-state index in [1.165, 1.54) is 0 Å². The van der Waals surface area contributed by atoms with Gasteiger partial charge in [0.25, 0.3) is 0 Å². The van der Waals surface area contributed by atoms with Crippen LogP contribution in [-0.2, 0) is 4.79 Å². The molecule has 3 N–H and O–H groups in total. The molecule has 0 radical (unpaired) electrons. The van der Waals surface area contributed by atoms with E-state index < -0.39 is 6.10 Å². The van der Waals surface area contributed by atoms with E-state index in [0.29, 0.717) is 19.5 Å². The Hall–Kier alpha value is -0.610. The molecule has 0 spiro atoms. The topological polar surface area (TPSA) is 61.4 Å². The van der Waals surface area contributed by atoms with Crippen LogP contribution < -0.4 is 10.6 Å². The lowest BCUT2D eigenvalue weighted by Gasteiger charge is -2.20. The minimum atomic E-state index is -0.412. The summed E-state index contributed by atoms with van der Waals surface area (Å²) in [7, 11) is 0. The van der Waals surface area contributed by atoms with Gasteiger partial charge in [-0.15, -0.1) is 0 Å². The molecule has 4 heteroatoms. The van der Waals surface area contributed by atoms with Crippen molar-refractivity contribution >= 4 is 5.91 Å². The molecule has 96 valence electrons. The highest BCUT2D eigenvalue weighted by Gasteiger charge is 2.10. The van der Waals surface area contributed by atoms with E-state index in [0.717, 1.165) is 12.8 Å². The van der Waals surface area contributed by atoms with Crippen molar-refractivity contribution in [1.82, 2.24) is 10.6 Å². The summed E-state index contributed by atoms with van der Waals surface area (Å²) < 4.78 is 0. The second-order valence-corrected chi connectivity index (χ2v) is 5.17. The fourth-order valence-electron chi connectivity index (χ4n) is 1.31. The summed E-state index contributed by atoms with van der Waals surface area (Å²) in [5, 5.41) is 15.4. The predicted octanol–water partition coefficient (Wildman–Crippen LogP) is 1.04. The molecular formula is C12H26N2O2. The Labute approximate surface area is 98.8 Å². The Morgan fingerprint density at radius 2 is 2.00 bits per heavy atom. The number of aliphatic hydroxyl groups excluding tert-OH is 1. The van der Waals surface area contributed by atoms with E-state index in [4.69, 9.17) is 0 Å². The molecule has 0 aliphatic rings. The minimum absolute atomic E-state index is 0.00750. The third-order valence-corrected chi connectivity index (χ3v) is 2.16. The Bertz CT molecular complexity index is 200. The molecule has 0 bridgehead atoms. The number of amides is 1. The van der Waals surface area contributed by atoms with Crippen LogP contribution in [0.1, 0.15) is 47.0 Å². The fourth-order valence-corrected chi connectivity index (χ4v) is 1.31. The van der Waals surface area contributed by atoms with Gasteiger partial charge in [-0.25, -0.2) is 0 Å². The summed E-state index contributed by atoms with van der Waals surface area (Å²) in [6.07, 6.45) is 1.71. The highest BCUT2D eigenvalue weighted by Crippen LogP contribution is 1.98. The molecule has 1 unspecified atom stereocenters. The zero-order chi connectivity index (χ0) is 12.6. The maximum Gasteiger partial charge on any atom is 0.221 e. The zero-order valence-corrected chi connectivity index (χ0v) is 11.0. The Morgan fingerprint density at radius 1 is 1.38 bits per heavy atom. The summed E-state index contributed by atoms with van der Waals surface area (Å²) in [5.74, 6) is -0.00750. The summed E-state index contributed by atoms with van der Waals surface area (Å²) in [5.41, 5.74) is 0.0437. The largest absolute Gasteiger partial charge is 0.391 e. The fraction of sp³-hybridized carbons (Fsp3) is 0.917. The van der Waals surface area contributed by atoms with Gasteiger partial charge in [-0.2, -0.15) is 0 Å². The van der Waals surface area contributed by atoms with Crippen molar-refractivity contribution in [1.29, 1.82) is 0 Å². The van der Waals surface area contributed by atoms with Gasteiger partial charge in [0.15, 0.2) is 0 Å².